The summed E-state index contributed by atoms with van der Waals surface area (Å²) in [6.07, 6.45) is 26.1. The molecule has 0 aromatic carbocycles. The molecule has 36 heavy (non-hydrogen) atoms. The standard InChI is InChI=1S/C30H48O3S3/c1-8-27(15-10-11-20-31-5)34-21-13-17-29(22-24(3)32-6)35-25(4)18-19-28(9-2)36-30-16-12-14-26(23-30)33-7/h10-13,16-19,22,25-28,30H,3,8-9,14-15,20-21,23H2,1-2,4-7H3/b11-10-,17-13-,19-18-,29-22+. The Morgan fingerprint density at radius 3 is 2.58 bits per heavy atom. The molecule has 0 spiro atoms. The zero-order valence-corrected chi connectivity index (χ0v) is 25.6. The largest absolute Gasteiger partial charge is 0.497 e. The van der Waals surface area contributed by atoms with E-state index in [0.29, 0.717) is 39.5 Å². The summed E-state index contributed by atoms with van der Waals surface area (Å²) in [6, 6.07) is 0. The van der Waals surface area contributed by atoms with E-state index in [9.17, 15) is 0 Å². The maximum atomic E-state index is 5.58. The van der Waals surface area contributed by atoms with Gasteiger partial charge in [-0.1, -0.05) is 69.0 Å². The van der Waals surface area contributed by atoms with E-state index in [1.54, 1.807) is 14.2 Å². The summed E-state index contributed by atoms with van der Waals surface area (Å²) in [6.45, 7) is 11.5. The summed E-state index contributed by atoms with van der Waals surface area (Å²) in [5, 5.41) is 2.02. The summed E-state index contributed by atoms with van der Waals surface area (Å²) in [5.41, 5.74) is 0. The fraction of sp³-hybridized carbons (Fsp3) is 0.600. The van der Waals surface area contributed by atoms with Crippen molar-refractivity contribution in [1.29, 1.82) is 0 Å². The quantitative estimate of drug-likeness (QED) is 0.0905. The molecule has 0 aliphatic heterocycles. The molecule has 0 amide bonds. The van der Waals surface area contributed by atoms with Gasteiger partial charge in [0.15, 0.2) is 0 Å². The van der Waals surface area contributed by atoms with Gasteiger partial charge in [0, 0.05) is 45.9 Å². The van der Waals surface area contributed by atoms with Crippen LogP contribution in [0.3, 0.4) is 0 Å². The van der Waals surface area contributed by atoms with Crippen molar-refractivity contribution in [3.05, 3.63) is 71.9 Å². The minimum atomic E-state index is 0.356. The fourth-order valence-corrected chi connectivity index (χ4v) is 6.89. The molecule has 5 atom stereocenters. The van der Waals surface area contributed by atoms with E-state index in [1.807, 2.05) is 48.5 Å². The SMILES string of the molecule is C=C(/C=C(\C=C/CSC(CC)C/C=C\COC)SC(C)/C=C\C(CC)SC1C=CCC(OC)C1)OC. The minimum absolute atomic E-state index is 0.356. The van der Waals surface area contributed by atoms with Crippen LogP contribution in [0.2, 0.25) is 0 Å². The normalized spacial score (nSPS) is 21.4. The Bertz CT molecular complexity index is 742. The van der Waals surface area contributed by atoms with Gasteiger partial charge in [0.05, 0.1) is 19.8 Å². The number of rotatable bonds is 19. The zero-order chi connectivity index (χ0) is 26.6. The van der Waals surface area contributed by atoms with Crippen molar-refractivity contribution in [1.82, 2.24) is 0 Å². The predicted molar refractivity (Wildman–Crippen MR) is 166 cm³/mol. The van der Waals surface area contributed by atoms with Gasteiger partial charge in [0.1, 0.15) is 5.76 Å². The van der Waals surface area contributed by atoms with Crippen molar-refractivity contribution in [3.8, 4) is 0 Å². The molecular weight excluding hydrogens is 505 g/mol. The molecule has 1 rings (SSSR count). The van der Waals surface area contributed by atoms with Crippen LogP contribution in [0.25, 0.3) is 0 Å². The van der Waals surface area contributed by atoms with Crippen LogP contribution in [0.1, 0.15) is 52.9 Å². The lowest BCUT2D eigenvalue weighted by Crippen LogP contribution is -2.21. The smallest absolute Gasteiger partial charge is 0.112 e. The molecular formula is C30H48O3S3. The fourth-order valence-electron chi connectivity index (χ4n) is 3.61. The minimum Gasteiger partial charge on any atom is -0.497 e. The molecule has 204 valence electrons. The number of thioether (sulfide) groups is 3. The van der Waals surface area contributed by atoms with Gasteiger partial charge in [-0.05, 0) is 45.1 Å². The molecule has 0 aromatic rings. The number of ether oxygens (including phenoxy) is 3. The van der Waals surface area contributed by atoms with Gasteiger partial charge in [0.2, 0.25) is 0 Å². The summed E-state index contributed by atoms with van der Waals surface area (Å²) < 4.78 is 16.0. The van der Waals surface area contributed by atoms with E-state index < -0.39 is 0 Å². The number of allylic oxidation sites excluding steroid dienone is 3. The molecule has 0 bridgehead atoms. The molecule has 0 aromatic heterocycles. The monoisotopic (exact) mass is 552 g/mol. The van der Waals surface area contributed by atoms with Crippen LogP contribution < -0.4 is 0 Å². The van der Waals surface area contributed by atoms with Crippen LogP contribution in [0.4, 0.5) is 0 Å². The van der Waals surface area contributed by atoms with Crippen molar-refractivity contribution in [2.45, 2.75) is 80.0 Å². The first-order valence-corrected chi connectivity index (χ1v) is 15.9. The summed E-state index contributed by atoms with van der Waals surface area (Å²) in [7, 11) is 5.22. The second kappa shape index (κ2) is 21.2. The third kappa shape index (κ3) is 15.5. The Labute approximate surface area is 234 Å². The van der Waals surface area contributed by atoms with Crippen molar-refractivity contribution < 1.29 is 14.2 Å². The van der Waals surface area contributed by atoms with Gasteiger partial charge >= 0.3 is 0 Å². The Balaban J connectivity index is 2.65. The van der Waals surface area contributed by atoms with Crippen LogP contribution in [0.15, 0.2) is 71.9 Å². The van der Waals surface area contributed by atoms with Crippen LogP contribution in [0.5, 0.6) is 0 Å². The number of methoxy groups -OCH3 is 3. The lowest BCUT2D eigenvalue weighted by atomic mass is 10.0. The van der Waals surface area contributed by atoms with E-state index in [4.69, 9.17) is 14.2 Å². The summed E-state index contributed by atoms with van der Waals surface area (Å²) >= 11 is 5.89. The van der Waals surface area contributed by atoms with E-state index in [0.717, 1.165) is 37.9 Å². The highest BCUT2D eigenvalue weighted by Gasteiger charge is 2.20. The average Bonchev–Trinajstić information content (AvgIpc) is 2.89. The topological polar surface area (TPSA) is 27.7 Å². The van der Waals surface area contributed by atoms with Crippen LogP contribution in [-0.2, 0) is 14.2 Å². The molecule has 0 saturated heterocycles. The first kappa shape index (κ1) is 33.2. The Kier molecular flexibility index (Phi) is 19.6. The van der Waals surface area contributed by atoms with Crippen LogP contribution in [0, 0.1) is 0 Å². The Morgan fingerprint density at radius 2 is 1.92 bits per heavy atom. The maximum absolute atomic E-state index is 5.58. The highest BCUT2D eigenvalue weighted by atomic mass is 32.2. The van der Waals surface area contributed by atoms with Crippen molar-refractivity contribution in [2.24, 2.45) is 0 Å². The average molecular weight is 553 g/mol. The third-order valence-corrected chi connectivity index (χ3v) is 9.78. The van der Waals surface area contributed by atoms with Gasteiger partial charge < -0.3 is 14.2 Å². The lowest BCUT2D eigenvalue weighted by molar-refractivity contribution is 0.0966. The molecule has 3 nitrogen and oxygen atoms in total. The molecule has 0 heterocycles. The van der Waals surface area contributed by atoms with Gasteiger partial charge in [-0.25, -0.2) is 0 Å². The summed E-state index contributed by atoms with van der Waals surface area (Å²) in [4.78, 5) is 1.17. The maximum Gasteiger partial charge on any atom is 0.112 e. The van der Waals surface area contributed by atoms with Crippen molar-refractivity contribution in [2.75, 3.05) is 33.7 Å². The van der Waals surface area contributed by atoms with Gasteiger partial charge in [-0.15, -0.1) is 23.5 Å². The number of hydrogen-bond acceptors (Lipinski definition) is 6. The molecule has 1 aliphatic carbocycles. The van der Waals surface area contributed by atoms with Crippen LogP contribution >= 0.6 is 35.3 Å². The van der Waals surface area contributed by atoms with Crippen LogP contribution in [-0.4, -0.2) is 60.8 Å². The molecule has 0 radical (unpaired) electrons. The van der Waals surface area contributed by atoms with E-state index in [-0.39, 0.29) is 0 Å². The van der Waals surface area contributed by atoms with Crippen molar-refractivity contribution in [3.63, 3.8) is 0 Å². The van der Waals surface area contributed by atoms with E-state index in [2.05, 4.69) is 76.0 Å². The molecule has 0 N–H and O–H groups in total. The first-order valence-electron chi connectivity index (χ1n) is 13.0. The second-order valence-corrected chi connectivity index (χ2v) is 13.0. The highest BCUT2D eigenvalue weighted by Crippen LogP contribution is 2.31. The van der Waals surface area contributed by atoms with Gasteiger partial charge in [0.25, 0.3) is 0 Å². The summed E-state index contributed by atoms with van der Waals surface area (Å²) in [5.74, 6) is 1.67. The van der Waals surface area contributed by atoms with Crippen molar-refractivity contribution >= 4 is 35.3 Å². The molecule has 0 saturated carbocycles. The van der Waals surface area contributed by atoms with E-state index in [1.165, 1.54) is 4.91 Å². The predicted octanol–water partition coefficient (Wildman–Crippen LogP) is 8.61. The van der Waals surface area contributed by atoms with Gasteiger partial charge in [-0.2, -0.15) is 11.8 Å². The lowest BCUT2D eigenvalue weighted by Gasteiger charge is -2.25. The Hall–Kier alpha value is -0.790. The first-order chi connectivity index (χ1) is 17.4. The highest BCUT2D eigenvalue weighted by molar-refractivity contribution is 8.04. The Morgan fingerprint density at radius 1 is 1.11 bits per heavy atom. The second-order valence-electron chi connectivity index (χ2n) is 8.73. The van der Waals surface area contributed by atoms with Gasteiger partial charge in [-0.3, -0.25) is 0 Å². The molecule has 6 heteroatoms. The molecule has 5 unspecified atom stereocenters. The third-order valence-electron chi connectivity index (χ3n) is 5.81. The number of hydrogen-bond donors (Lipinski definition) is 0. The molecule has 0 fully saturated rings. The van der Waals surface area contributed by atoms with E-state index >= 15 is 0 Å². The molecule has 1 aliphatic rings. The zero-order valence-electron chi connectivity index (χ0n) is 23.2.